The molecule has 0 aliphatic carbocycles. The number of carboxylic acids is 2. The molecule has 1 aromatic carbocycles. The fourth-order valence-corrected chi connectivity index (χ4v) is 4.57. The zero-order valence-corrected chi connectivity index (χ0v) is 20.3. The molecule has 184 valence electrons. The number of primary sulfonamides is 1. The van der Waals surface area contributed by atoms with Crippen molar-refractivity contribution in [1.82, 2.24) is 9.97 Å². The summed E-state index contributed by atoms with van der Waals surface area (Å²) >= 11 is 0.886. The van der Waals surface area contributed by atoms with E-state index in [1.165, 1.54) is 4.90 Å². The maximum absolute atomic E-state index is 12.5. The quantitative estimate of drug-likeness (QED) is 0.394. The molecule has 11 nitrogen and oxygen atoms in total. The van der Waals surface area contributed by atoms with Gasteiger partial charge in [-0.05, 0) is 24.6 Å². The minimum Gasteiger partial charge on any atom is -0.478 e. The fourth-order valence-electron chi connectivity index (χ4n) is 2.65. The number of aliphatic carboxylic acids is 2. The van der Waals surface area contributed by atoms with E-state index in [2.05, 4.69) is 9.97 Å². The summed E-state index contributed by atoms with van der Waals surface area (Å²) in [5.74, 6) is -2.71. The van der Waals surface area contributed by atoms with Crippen LogP contribution in [0.1, 0.15) is 11.3 Å². The molecule has 3 aromatic rings. The molecule has 0 bridgehead atoms. The van der Waals surface area contributed by atoms with Gasteiger partial charge in [-0.2, -0.15) is 0 Å². The number of benzene rings is 1. The molecular weight excluding hydrogens is 496 g/mol. The first-order valence-corrected chi connectivity index (χ1v) is 12.2. The van der Waals surface area contributed by atoms with Crippen molar-refractivity contribution in [2.24, 2.45) is 5.14 Å². The maximum atomic E-state index is 12.5. The molecule has 0 spiro atoms. The van der Waals surface area contributed by atoms with Gasteiger partial charge >= 0.3 is 11.9 Å². The van der Waals surface area contributed by atoms with Gasteiger partial charge in [-0.1, -0.05) is 41.7 Å². The van der Waals surface area contributed by atoms with E-state index < -0.39 is 22.0 Å². The number of nitrogens with zero attached hydrogens (tertiary/aromatic N) is 3. The molecule has 0 radical (unpaired) electrons. The third kappa shape index (κ3) is 8.41. The van der Waals surface area contributed by atoms with Crippen LogP contribution in [0.4, 0.5) is 5.13 Å². The van der Waals surface area contributed by atoms with E-state index in [1.54, 1.807) is 20.2 Å². The van der Waals surface area contributed by atoms with Crippen LogP contribution in [0.5, 0.6) is 0 Å². The zero-order chi connectivity index (χ0) is 26.2. The van der Waals surface area contributed by atoms with Crippen molar-refractivity contribution in [1.29, 1.82) is 0 Å². The number of thiazole rings is 1. The van der Waals surface area contributed by atoms with E-state index in [0.717, 1.165) is 28.2 Å². The Morgan fingerprint density at radius 3 is 2.11 bits per heavy atom. The van der Waals surface area contributed by atoms with Crippen molar-refractivity contribution >= 4 is 44.3 Å². The molecule has 13 heteroatoms. The molecule has 4 N–H and O–H groups in total. The third-order valence-corrected chi connectivity index (χ3v) is 7.09. The van der Waals surface area contributed by atoms with Crippen molar-refractivity contribution in [3.05, 3.63) is 72.1 Å². The largest absolute Gasteiger partial charge is 0.478 e. The van der Waals surface area contributed by atoms with Gasteiger partial charge in [0.2, 0.25) is 15.9 Å². The summed E-state index contributed by atoms with van der Waals surface area (Å²) in [4.78, 5) is 41.4. The number of carbonyl (C=O) groups excluding carboxylic acids is 1. The second-order valence-corrected chi connectivity index (χ2v) is 9.70. The Hall–Kier alpha value is -3.94. The van der Waals surface area contributed by atoms with Crippen molar-refractivity contribution in [3.63, 3.8) is 0 Å². The summed E-state index contributed by atoms with van der Waals surface area (Å²) in [6.45, 7) is 1.55. The van der Waals surface area contributed by atoms with Crippen LogP contribution in [0.15, 0.2) is 65.0 Å². The Kier molecular flexibility index (Phi) is 9.34. The van der Waals surface area contributed by atoms with Gasteiger partial charge in [-0.15, -0.1) is 0 Å². The van der Waals surface area contributed by atoms with Crippen LogP contribution < -0.4 is 10.0 Å². The van der Waals surface area contributed by atoms with Gasteiger partial charge in [0.1, 0.15) is 0 Å². The monoisotopic (exact) mass is 518 g/mol. The highest BCUT2D eigenvalue weighted by molar-refractivity contribution is 7.91. The molecule has 0 saturated carbocycles. The third-order valence-electron chi connectivity index (χ3n) is 4.30. The number of carbonyl (C=O) groups is 3. The predicted octanol–water partition coefficient (Wildman–Crippen LogP) is 2.08. The van der Waals surface area contributed by atoms with Gasteiger partial charge in [0, 0.05) is 31.0 Å². The first-order valence-electron chi connectivity index (χ1n) is 9.79. The summed E-state index contributed by atoms with van der Waals surface area (Å²) in [6, 6.07) is 13.3. The summed E-state index contributed by atoms with van der Waals surface area (Å²) in [5, 5.41) is 21.1. The van der Waals surface area contributed by atoms with Gasteiger partial charge in [-0.3, -0.25) is 14.7 Å². The van der Waals surface area contributed by atoms with Crippen molar-refractivity contribution in [3.8, 4) is 11.3 Å². The van der Waals surface area contributed by atoms with E-state index in [-0.39, 0.29) is 22.2 Å². The van der Waals surface area contributed by atoms with Crippen molar-refractivity contribution < 1.29 is 33.0 Å². The molecule has 2 aromatic heterocycles. The van der Waals surface area contributed by atoms with Crippen LogP contribution >= 0.6 is 11.3 Å². The van der Waals surface area contributed by atoms with E-state index in [4.69, 9.17) is 15.4 Å². The van der Waals surface area contributed by atoms with E-state index in [1.807, 2.05) is 42.5 Å². The Bertz CT molecular complexity index is 1320. The molecule has 0 aliphatic rings. The predicted molar refractivity (Wildman–Crippen MR) is 129 cm³/mol. The van der Waals surface area contributed by atoms with Crippen molar-refractivity contribution in [2.75, 3.05) is 11.9 Å². The Morgan fingerprint density at radius 1 is 1.06 bits per heavy atom. The highest BCUT2D eigenvalue weighted by Crippen LogP contribution is 2.28. The Balaban J connectivity index is 0.000000466. The number of nitrogens with two attached hydrogens (primary N) is 1. The molecule has 0 atom stereocenters. The minimum absolute atomic E-state index is 0.0307. The summed E-state index contributed by atoms with van der Waals surface area (Å²) in [6.07, 6.45) is 3.01. The number of likely N-dealkylation sites (N-methyl/N-ethyl adjacent to an activating group) is 1. The number of anilines is 1. The van der Waals surface area contributed by atoms with E-state index in [9.17, 15) is 22.8 Å². The highest BCUT2D eigenvalue weighted by atomic mass is 32.2. The average molecular weight is 519 g/mol. The number of rotatable bonds is 7. The number of aromatic nitrogens is 2. The normalized spacial score (nSPS) is 10.9. The van der Waals surface area contributed by atoms with Gasteiger partial charge in [0.25, 0.3) is 0 Å². The number of amides is 1. The minimum atomic E-state index is -3.85. The summed E-state index contributed by atoms with van der Waals surface area (Å²) in [7, 11) is -2.28. The standard InChI is InChI=1S/C18H18N4O3S2.C4H4O4/c1-12-17(27(19,24)25)26-18(21-12)22(2)16(23)11-13-6-8-14(9-7-13)15-5-3-4-10-20-15;5-3(6)1-2-4(7)8/h3-10H,11H2,1-2H3,(H2,19,24,25);1-2H,(H,5,6)(H,7,8)/b;2-1-. The summed E-state index contributed by atoms with van der Waals surface area (Å²) < 4.78 is 23.0. The molecular formula is C22H22N4O7S2. The Morgan fingerprint density at radius 2 is 1.66 bits per heavy atom. The second-order valence-electron chi connectivity index (χ2n) is 6.97. The first kappa shape index (κ1) is 27.3. The molecule has 3 rings (SSSR count). The molecule has 0 saturated heterocycles. The van der Waals surface area contributed by atoms with Gasteiger partial charge in [0.15, 0.2) is 9.34 Å². The van der Waals surface area contributed by atoms with Crippen LogP contribution in [-0.4, -0.2) is 53.5 Å². The number of sulfonamides is 1. The highest BCUT2D eigenvalue weighted by Gasteiger charge is 2.22. The van der Waals surface area contributed by atoms with Gasteiger partial charge in [-0.25, -0.2) is 28.1 Å². The summed E-state index contributed by atoms with van der Waals surface area (Å²) in [5.41, 5.74) is 2.96. The van der Waals surface area contributed by atoms with Crippen LogP contribution in [0.2, 0.25) is 0 Å². The van der Waals surface area contributed by atoms with Crippen LogP contribution in [0, 0.1) is 6.92 Å². The zero-order valence-electron chi connectivity index (χ0n) is 18.7. The lowest BCUT2D eigenvalue weighted by molar-refractivity contribution is -0.134. The number of aryl methyl sites for hydroxylation is 1. The molecule has 35 heavy (non-hydrogen) atoms. The molecule has 0 unspecified atom stereocenters. The fraction of sp³-hybridized carbons (Fsp3) is 0.136. The van der Waals surface area contributed by atoms with Gasteiger partial charge < -0.3 is 10.2 Å². The van der Waals surface area contributed by atoms with E-state index in [0.29, 0.717) is 17.3 Å². The van der Waals surface area contributed by atoms with E-state index >= 15 is 0 Å². The van der Waals surface area contributed by atoms with Gasteiger partial charge in [0.05, 0.1) is 17.8 Å². The molecule has 2 heterocycles. The topological polar surface area (TPSA) is 181 Å². The Labute approximate surface area is 205 Å². The lowest BCUT2D eigenvalue weighted by Crippen LogP contribution is -2.27. The number of carboxylic acid groups (broad SMARTS) is 2. The first-order chi connectivity index (χ1) is 16.4. The smallest absolute Gasteiger partial charge is 0.328 e. The van der Waals surface area contributed by atoms with Crippen LogP contribution in [0.3, 0.4) is 0 Å². The van der Waals surface area contributed by atoms with Crippen LogP contribution in [0.25, 0.3) is 11.3 Å². The molecule has 1 amide bonds. The number of pyridine rings is 1. The second kappa shape index (κ2) is 12.0. The maximum Gasteiger partial charge on any atom is 0.328 e. The number of hydrogen-bond donors (Lipinski definition) is 3. The lowest BCUT2D eigenvalue weighted by atomic mass is 10.1. The van der Waals surface area contributed by atoms with Crippen molar-refractivity contribution in [2.45, 2.75) is 17.6 Å². The average Bonchev–Trinajstić information content (AvgIpc) is 3.21. The number of hydrogen-bond acceptors (Lipinski definition) is 8. The molecule has 0 aliphatic heterocycles. The lowest BCUT2D eigenvalue weighted by Gasteiger charge is -2.13. The molecule has 0 fully saturated rings. The SMILES string of the molecule is Cc1nc(N(C)C(=O)Cc2ccc(-c3ccccn3)cc2)sc1S(N)(=O)=O.O=C(O)/C=C\C(=O)O. The van der Waals surface area contributed by atoms with Crippen LogP contribution in [-0.2, 0) is 30.8 Å².